The molecule has 0 aromatic heterocycles. The minimum Gasteiger partial charge on any atom is -0.455 e. The van der Waals surface area contributed by atoms with Crippen molar-refractivity contribution in [1.29, 1.82) is 0 Å². The van der Waals surface area contributed by atoms with Crippen LogP contribution < -0.4 is 10.2 Å². The molecular formula is C43H48ClN3O8. The quantitative estimate of drug-likeness (QED) is 0.133. The molecule has 2 bridgehead atoms. The molecule has 11 nitrogen and oxygen atoms in total. The molecule has 3 amide bonds. The monoisotopic (exact) mass is 769 g/mol. The number of likely N-dealkylation sites (tertiary alicyclic amines) is 1. The molecule has 290 valence electrons. The van der Waals surface area contributed by atoms with Gasteiger partial charge >= 0.3 is 5.97 Å². The predicted molar refractivity (Wildman–Crippen MR) is 208 cm³/mol. The number of rotatable bonds is 18. The number of methoxy groups -OCH3 is 1. The van der Waals surface area contributed by atoms with Crippen LogP contribution in [0.5, 0.6) is 0 Å². The van der Waals surface area contributed by atoms with E-state index in [0.717, 1.165) is 5.56 Å². The average molecular weight is 770 g/mol. The predicted octanol–water partition coefficient (Wildman–Crippen LogP) is 5.22. The maximum absolute atomic E-state index is 15.1. The van der Waals surface area contributed by atoms with Crippen molar-refractivity contribution >= 4 is 41.0 Å². The smallest absolute Gasteiger partial charge is 0.313 e. The summed E-state index contributed by atoms with van der Waals surface area (Å²) in [4.78, 5) is 60.7. The zero-order valence-corrected chi connectivity index (χ0v) is 31.7. The minimum absolute atomic E-state index is 0.0371. The van der Waals surface area contributed by atoms with E-state index in [2.05, 4.69) is 18.5 Å². The van der Waals surface area contributed by atoms with Crippen molar-refractivity contribution in [3.63, 3.8) is 0 Å². The summed E-state index contributed by atoms with van der Waals surface area (Å²) >= 11 is 6.21. The molecule has 3 aliphatic heterocycles. The van der Waals surface area contributed by atoms with Gasteiger partial charge in [0.15, 0.2) is 0 Å². The number of esters is 1. The van der Waals surface area contributed by atoms with E-state index in [1.54, 1.807) is 60.7 Å². The lowest BCUT2D eigenvalue weighted by Crippen LogP contribution is -2.59. The van der Waals surface area contributed by atoms with Crippen LogP contribution in [0.2, 0.25) is 5.02 Å². The first kappa shape index (κ1) is 39.9. The number of hydrogen-bond donors (Lipinski definition) is 2. The number of carbonyl (C=O) groups excluding carboxylic acids is 4. The van der Waals surface area contributed by atoms with Crippen molar-refractivity contribution in [1.82, 2.24) is 10.2 Å². The summed E-state index contributed by atoms with van der Waals surface area (Å²) in [6.07, 6.45) is 3.23. The zero-order chi connectivity index (χ0) is 39.1. The van der Waals surface area contributed by atoms with Gasteiger partial charge in [-0.1, -0.05) is 84.4 Å². The number of anilines is 1. The lowest BCUT2D eigenvalue weighted by atomic mass is 9.70. The second-order valence-corrected chi connectivity index (χ2v) is 14.7. The number of halogens is 1. The Kier molecular flexibility index (Phi) is 12.9. The Labute approximate surface area is 326 Å². The third kappa shape index (κ3) is 8.11. The van der Waals surface area contributed by atoms with Crippen molar-refractivity contribution in [2.24, 2.45) is 11.8 Å². The second-order valence-electron chi connectivity index (χ2n) is 14.3. The van der Waals surface area contributed by atoms with Crippen molar-refractivity contribution in [2.45, 2.75) is 68.0 Å². The van der Waals surface area contributed by atoms with Gasteiger partial charge in [-0.2, -0.15) is 0 Å². The molecule has 3 fully saturated rings. The van der Waals surface area contributed by atoms with Crippen LogP contribution in [0.15, 0.2) is 110 Å². The van der Waals surface area contributed by atoms with Crippen LogP contribution in [0.25, 0.3) is 0 Å². The average Bonchev–Trinajstić information content (AvgIpc) is 3.85. The summed E-state index contributed by atoms with van der Waals surface area (Å²) < 4.78 is 18.6. The fourth-order valence-corrected chi connectivity index (χ4v) is 8.64. The highest BCUT2D eigenvalue weighted by atomic mass is 35.5. The number of carbonyl (C=O) groups is 4. The molecule has 3 aliphatic rings. The molecule has 8 atom stereocenters. The number of aliphatic hydroxyl groups is 1. The van der Waals surface area contributed by atoms with Gasteiger partial charge in [-0.05, 0) is 61.1 Å². The van der Waals surface area contributed by atoms with Crippen molar-refractivity contribution in [2.75, 3.05) is 31.8 Å². The molecule has 0 unspecified atom stereocenters. The van der Waals surface area contributed by atoms with E-state index in [1.807, 2.05) is 36.4 Å². The highest BCUT2D eigenvalue weighted by Gasteiger charge is 2.75. The highest BCUT2D eigenvalue weighted by molar-refractivity contribution is 6.30. The zero-order valence-electron chi connectivity index (χ0n) is 30.9. The van der Waals surface area contributed by atoms with Crippen molar-refractivity contribution < 1.29 is 38.5 Å². The lowest BCUT2D eigenvalue weighted by Gasteiger charge is -2.39. The topological polar surface area (TPSA) is 135 Å². The Morgan fingerprint density at radius 2 is 1.75 bits per heavy atom. The summed E-state index contributed by atoms with van der Waals surface area (Å²) in [6, 6.07) is 22.5. The van der Waals surface area contributed by atoms with Crippen LogP contribution in [0.1, 0.15) is 42.9 Å². The van der Waals surface area contributed by atoms with Gasteiger partial charge < -0.3 is 34.4 Å². The maximum atomic E-state index is 15.1. The molecular weight excluding hydrogens is 722 g/mol. The number of aliphatic hydroxyl groups excluding tert-OH is 1. The Balaban J connectivity index is 1.39. The van der Waals surface area contributed by atoms with Gasteiger partial charge in [0, 0.05) is 30.8 Å². The molecule has 3 heterocycles. The summed E-state index contributed by atoms with van der Waals surface area (Å²) in [5, 5.41) is 14.4. The standard InChI is InChI=1S/C43H48ClN3O8/c1-4-6-17-35(49)45-33(27-53-3)38(29-15-11-8-12-16-29)54-42(52)36-34-22-23-43(55-34)37(36)40(50)47(32(26-48)25-28-13-9-7-10-14-28)39(43)41(51)46(24-5-2)31-20-18-30(44)19-21-31/h4-5,7-16,18-21,32-34,36-39,48H,1-2,6,17,22-27H2,3H3,(H,45,49)/t32-,33+,34+,36-,37-,38+,39+,43-/m1/s1. The molecule has 0 aliphatic carbocycles. The molecule has 12 heteroatoms. The Bertz CT molecular complexity index is 1840. The molecule has 3 aromatic carbocycles. The van der Waals surface area contributed by atoms with E-state index in [1.165, 1.54) is 16.9 Å². The number of benzene rings is 3. The van der Waals surface area contributed by atoms with Gasteiger partial charge in [-0.25, -0.2) is 0 Å². The minimum atomic E-state index is -1.38. The largest absolute Gasteiger partial charge is 0.455 e. The van der Waals surface area contributed by atoms with Gasteiger partial charge in [0.05, 0.1) is 43.2 Å². The molecule has 6 rings (SSSR count). The number of hydrogen-bond acceptors (Lipinski definition) is 8. The number of amides is 3. The number of nitrogens with one attached hydrogen (secondary N) is 1. The molecule has 3 saturated heterocycles. The fourth-order valence-electron chi connectivity index (χ4n) is 8.51. The molecule has 2 N–H and O–H groups in total. The van der Waals surface area contributed by atoms with Crippen molar-refractivity contribution in [3.8, 4) is 0 Å². The van der Waals surface area contributed by atoms with E-state index in [9.17, 15) is 14.7 Å². The summed E-state index contributed by atoms with van der Waals surface area (Å²) in [5.74, 6) is -3.97. The van der Waals surface area contributed by atoms with E-state index >= 15 is 9.59 Å². The summed E-state index contributed by atoms with van der Waals surface area (Å²) in [7, 11) is 1.50. The maximum Gasteiger partial charge on any atom is 0.313 e. The van der Waals surface area contributed by atoms with E-state index in [4.69, 9.17) is 25.8 Å². The molecule has 0 saturated carbocycles. The molecule has 55 heavy (non-hydrogen) atoms. The third-order valence-electron chi connectivity index (χ3n) is 10.9. The van der Waals surface area contributed by atoms with Gasteiger partial charge in [0.25, 0.3) is 5.91 Å². The molecule has 1 spiro atoms. The number of nitrogens with zero attached hydrogens (tertiary/aromatic N) is 2. The number of fused-ring (bicyclic) bond motifs is 1. The first-order valence-electron chi connectivity index (χ1n) is 18.6. The first-order valence-corrected chi connectivity index (χ1v) is 19.0. The van der Waals surface area contributed by atoms with Gasteiger partial charge in [-0.15, -0.1) is 13.2 Å². The van der Waals surface area contributed by atoms with E-state index < -0.39 is 72.2 Å². The first-order chi connectivity index (χ1) is 26.7. The van der Waals surface area contributed by atoms with Gasteiger partial charge in [0.1, 0.15) is 17.7 Å². The number of ether oxygens (including phenoxy) is 3. The highest BCUT2D eigenvalue weighted by Crippen LogP contribution is 2.59. The van der Waals surface area contributed by atoms with Gasteiger partial charge in [-0.3, -0.25) is 19.2 Å². The summed E-state index contributed by atoms with van der Waals surface area (Å²) in [5.41, 5.74) is 0.644. The summed E-state index contributed by atoms with van der Waals surface area (Å²) in [6.45, 7) is 7.30. The number of allylic oxidation sites excluding steroid dienone is 1. The fraction of sp³-hybridized carbons (Fsp3) is 0.395. The van der Waals surface area contributed by atoms with E-state index in [-0.39, 0.29) is 31.9 Å². The normalized spacial score (nSPS) is 24.1. The lowest BCUT2D eigenvalue weighted by molar-refractivity contribution is -0.163. The van der Waals surface area contributed by atoms with Crippen LogP contribution in [0, 0.1) is 11.8 Å². The van der Waals surface area contributed by atoms with Crippen LogP contribution >= 0.6 is 11.6 Å². The Morgan fingerprint density at radius 3 is 2.38 bits per heavy atom. The third-order valence-corrected chi connectivity index (χ3v) is 11.1. The van der Waals surface area contributed by atoms with Crippen LogP contribution in [-0.4, -0.2) is 90.4 Å². The SMILES string of the molecule is C=CCCC(=O)N[C@@H](COC)[C@@H](OC(=O)[C@@H]1[C@@H]2CC[C@]3(O2)[C@H](C(=O)N(CC=C)c2ccc(Cl)cc2)N([C@@H](CO)Cc2ccccc2)C(=O)[C@@H]13)c1ccccc1. The Hall–Kier alpha value is -4.81. The van der Waals surface area contributed by atoms with Crippen LogP contribution in [0.4, 0.5) is 5.69 Å². The van der Waals surface area contributed by atoms with Crippen molar-refractivity contribution in [3.05, 3.63) is 126 Å². The molecule has 0 radical (unpaired) electrons. The van der Waals surface area contributed by atoms with Crippen LogP contribution in [0.3, 0.4) is 0 Å². The van der Waals surface area contributed by atoms with Crippen LogP contribution in [-0.2, 0) is 39.8 Å². The van der Waals surface area contributed by atoms with Gasteiger partial charge in [0.2, 0.25) is 11.8 Å². The second kappa shape index (κ2) is 17.8. The molecule has 3 aromatic rings. The van der Waals surface area contributed by atoms with E-state index in [0.29, 0.717) is 35.5 Å². The Morgan fingerprint density at radius 1 is 1.05 bits per heavy atom.